The number of rotatable bonds is 5. The van der Waals surface area contributed by atoms with Crippen LogP contribution in [0.3, 0.4) is 0 Å². The number of fused-ring (bicyclic) bond motifs is 4. The molecule has 0 fully saturated rings. The summed E-state index contributed by atoms with van der Waals surface area (Å²) in [6, 6.07) is 33.1. The van der Waals surface area contributed by atoms with Crippen LogP contribution in [0.5, 0.6) is 0 Å². The number of hydrogen-bond donors (Lipinski definition) is 0. The Morgan fingerprint density at radius 2 is 0.978 bits per heavy atom. The van der Waals surface area contributed by atoms with E-state index in [1.54, 1.807) is 22.7 Å². The molecule has 0 saturated carbocycles. The third kappa shape index (κ3) is 4.44. The Hall–Kier alpha value is -5.50. The number of pyridine rings is 2. The van der Waals surface area contributed by atoms with E-state index in [1.807, 2.05) is 48.2 Å². The van der Waals surface area contributed by atoms with Crippen LogP contribution in [0.2, 0.25) is 0 Å². The second-order valence-electron chi connectivity index (χ2n) is 11.0. The summed E-state index contributed by atoms with van der Waals surface area (Å²) in [5.41, 5.74) is 13.7. The number of benzene rings is 4. The molecule has 7 heteroatoms. The van der Waals surface area contributed by atoms with Crippen molar-refractivity contribution in [2.45, 2.75) is 0 Å². The molecule has 5 nitrogen and oxygen atoms in total. The summed E-state index contributed by atoms with van der Waals surface area (Å²) in [5.74, 6) is 0. The molecule has 0 saturated heterocycles. The zero-order chi connectivity index (χ0) is 29.7. The fourth-order valence-electron chi connectivity index (χ4n) is 6.22. The monoisotopic (exact) mass is 613 g/mol. The van der Waals surface area contributed by atoms with Gasteiger partial charge in [-0.25, -0.2) is 0 Å². The predicted octanol–water partition coefficient (Wildman–Crippen LogP) is 10.3. The molecule has 0 amide bonds. The highest BCUT2D eigenvalue weighted by molar-refractivity contribution is 7.13. The molecule has 9 aromatic rings. The molecule has 5 aromatic heterocycles. The van der Waals surface area contributed by atoms with Crippen molar-refractivity contribution < 1.29 is 0 Å². The zero-order valence-corrected chi connectivity index (χ0v) is 25.5. The summed E-state index contributed by atoms with van der Waals surface area (Å²) in [6.45, 7) is 0. The number of nitrogens with zero attached hydrogens (tertiary/aromatic N) is 5. The third-order valence-electron chi connectivity index (χ3n) is 8.35. The maximum Gasteiger partial charge on any atom is 0.0797 e. The molecule has 0 radical (unpaired) electrons. The molecule has 212 valence electrons. The van der Waals surface area contributed by atoms with Gasteiger partial charge in [0.2, 0.25) is 0 Å². The topological polar surface area (TPSA) is 56.5 Å². The summed E-state index contributed by atoms with van der Waals surface area (Å²) >= 11 is 3.25. The Labute approximate surface area is 266 Å². The van der Waals surface area contributed by atoms with E-state index in [4.69, 9.17) is 0 Å². The lowest BCUT2D eigenvalue weighted by Gasteiger charge is -2.13. The van der Waals surface area contributed by atoms with Gasteiger partial charge >= 0.3 is 0 Å². The van der Waals surface area contributed by atoms with Gasteiger partial charge in [-0.2, -0.15) is 0 Å². The molecule has 0 unspecified atom stereocenters. The van der Waals surface area contributed by atoms with Crippen molar-refractivity contribution in [3.8, 4) is 48.8 Å². The molecule has 45 heavy (non-hydrogen) atoms. The van der Waals surface area contributed by atoms with Crippen LogP contribution in [0.1, 0.15) is 0 Å². The Balaban J connectivity index is 1.29. The molecule has 0 atom stereocenters. The summed E-state index contributed by atoms with van der Waals surface area (Å²) in [5, 5.41) is 4.82. The van der Waals surface area contributed by atoms with Crippen molar-refractivity contribution in [3.63, 3.8) is 0 Å². The van der Waals surface area contributed by atoms with Crippen LogP contribution in [0.4, 0.5) is 0 Å². The highest BCUT2D eigenvalue weighted by Gasteiger charge is 2.17. The molecule has 0 aliphatic rings. The quantitative estimate of drug-likeness (QED) is 0.194. The Bertz CT molecular complexity index is 2350. The van der Waals surface area contributed by atoms with Gasteiger partial charge in [0.15, 0.2) is 0 Å². The van der Waals surface area contributed by atoms with Gasteiger partial charge in [-0.3, -0.25) is 19.9 Å². The van der Waals surface area contributed by atoms with Gasteiger partial charge in [0.1, 0.15) is 0 Å². The first-order valence-corrected chi connectivity index (χ1v) is 16.3. The van der Waals surface area contributed by atoms with Gasteiger partial charge in [-0.1, -0.05) is 60.7 Å². The molecule has 5 heterocycles. The van der Waals surface area contributed by atoms with Crippen LogP contribution in [0.25, 0.3) is 81.4 Å². The lowest BCUT2D eigenvalue weighted by Crippen LogP contribution is -1.96. The molecule has 0 aliphatic carbocycles. The van der Waals surface area contributed by atoms with E-state index in [0.717, 1.165) is 59.9 Å². The lowest BCUT2D eigenvalue weighted by molar-refractivity contribution is 1.20. The standard InChI is InChI=1S/C38H23N5S2/c1-2-6-31-24(4-1)5-3-7-34(31)43-35-14-25(27-12-29(18-39-16-27)37-20-41-22-44-37)8-10-32(35)33-11-9-26(15-36(33)43)28-13-30(19-40-17-28)38-21-42-23-45-38/h1-23H. The maximum atomic E-state index is 4.59. The molecule has 0 aliphatic heterocycles. The van der Waals surface area contributed by atoms with Crippen molar-refractivity contribution in [2.75, 3.05) is 0 Å². The van der Waals surface area contributed by atoms with Crippen molar-refractivity contribution >= 4 is 55.3 Å². The highest BCUT2D eigenvalue weighted by Crippen LogP contribution is 2.39. The van der Waals surface area contributed by atoms with Crippen molar-refractivity contribution in [1.29, 1.82) is 0 Å². The summed E-state index contributed by atoms with van der Waals surface area (Å²) in [7, 11) is 0. The zero-order valence-electron chi connectivity index (χ0n) is 23.8. The van der Waals surface area contributed by atoms with E-state index in [0.29, 0.717) is 0 Å². The van der Waals surface area contributed by atoms with Crippen LogP contribution >= 0.6 is 22.7 Å². The van der Waals surface area contributed by atoms with Gasteiger partial charge < -0.3 is 4.57 Å². The summed E-state index contributed by atoms with van der Waals surface area (Å²) in [6.07, 6.45) is 11.5. The summed E-state index contributed by atoms with van der Waals surface area (Å²) in [4.78, 5) is 19.9. The second-order valence-corrected chi connectivity index (χ2v) is 12.7. The van der Waals surface area contributed by atoms with Gasteiger partial charge in [0.25, 0.3) is 0 Å². The fraction of sp³-hybridized carbons (Fsp3) is 0. The molecule has 4 aromatic carbocycles. The summed E-state index contributed by atoms with van der Waals surface area (Å²) < 4.78 is 2.42. The van der Waals surface area contributed by atoms with Crippen LogP contribution in [-0.2, 0) is 0 Å². The van der Waals surface area contributed by atoms with E-state index in [2.05, 4.69) is 115 Å². The lowest BCUT2D eigenvalue weighted by atomic mass is 10.0. The first-order valence-electron chi connectivity index (χ1n) is 14.6. The second kappa shape index (κ2) is 10.6. The first kappa shape index (κ1) is 25.9. The molecule has 0 N–H and O–H groups in total. The largest absolute Gasteiger partial charge is 0.309 e. The van der Waals surface area contributed by atoms with E-state index >= 15 is 0 Å². The number of aromatic nitrogens is 5. The minimum atomic E-state index is 1.07. The minimum absolute atomic E-state index is 1.07. The normalized spacial score (nSPS) is 11.6. The molecule has 9 rings (SSSR count). The molecular weight excluding hydrogens is 591 g/mol. The van der Waals surface area contributed by atoms with Crippen molar-refractivity contribution in [2.24, 2.45) is 0 Å². The van der Waals surface area contributed by atoms with Crippen LogP contribution in [0, 0.1) is 0 Å². The van der Waals surface area contributed by atoms with Gasteiger partial charge in [-0.15, -0.1) is 22.7 Å². The van der Waals surface area contributed by atoms with Crippen LogP contribution in [0.15, 0.2) is 139 Å². The molecule has 0 bridgehead atoms. The Morgan fingerprint density at radius 1 is 0.422 bits per heavy atom. The maximum absolute atomic E-state index is 4.59. The van der Waals surface area contributed by atoms with Crippen molar-refractivity contribution in [1.82, 2.24) is 24.5 Å². The van der Waals surface area contributed by atoms with E-state index in [9.17, 15) is 0 Å². The smallest absolute Gasteiger partial charge is 0.0797 e. The SMILES string of the molecule is c1ccc2c(-n3c4cc(-c5cncc(-c6cncs6)c5)ccc4c4ccc(-c5cncc(-c6cncs6)c5)cc43)cccc2c1. The predicted molar refractivity (Wildman–Crippen MR) is 187 cm³/mol. The first-order chi connectivity index (χ1) is 22.3. The number of thiazole rings is 2. The molecular formula is C38H23N5S2. The minimum Gasteiger partial charge on any atom is -0.309 e. The average Bonchev–Trinajstić information content (AvgIpc) is 3.89. The van der Waals surface area contributed by atoms with E-state index in [-0.39, 0.29) is 0 Å². The van der Waals surface area contributed by atoms with Crippen LogP contribution in [-0.4, -0.2) is 24.5 Å². The van der Waals surface area contributed by atoms with E-state index < -0.39 is 0 Å². The average molecular weight is 614 g/mol. The van der Waals surface area contributed by atoms with Gasteiger partial charge in [-0.05, 0) is 46.8 Å². The van der Waals surface area contributed by atoms with Crippen LogP contribution < -0.4 is 0 Å². The van der Waals surface area contributed by atoms with Gasteiger partial charge in [0.05, 0.1) is 37.5 Å². The van der Waals surface area contributed by atoms with Crippen molar-refractivity contribution in [3.05, 3.63) is 139 Å². The third-order valence-corrected chi connectivity index (χ3v) is 10.00. The fourth-order valence-corrected chi connectivity index (χ4v) is 7.43. The van der Waals surface area contributed by atoms with Gasteiger partial charge in [0, 0.05) is 75.6 Å². The molecule has 0 spiro atoms. The highest BCUT2D eigenvalue weighted by atomic mass is 32.1. The Kier molecular flexibility index (Phi) is 6.11. The van der Waals surface area contributed by atoms with E-state index in [1.165, 1.54) is 21.5 Å². The Morgan fingerprint density at radius 3 is 1.56 bits per heavy atom. The number of hydrogen-bond acceptors (Lipinski definition) is 6.